The lowest BCUT2D eigenvalue weighted by molar-refractivity contribution is -0.163. The van der Waals surface area contributed by atoms with Crippen molar-refractivity contribution in [1.29, 1.82) is 0 Å². The van der Waals surface area contributed by atoms with E-state index in [9.17, 15) is 24.3 Å². The van der Waals surface area contributed by atoms with Crippen molar-refractivity contribution in [2.75, 3.05) is 13.2 Å². The predicted octanol–water partition coefficient (Wildman–Crippen LogP) is 4.35. The highest BCUT2D eigenvalue weighted by Crippen LogP contribution is 2.59. The first kappa shape index (κ1) is 36.0. The van der Waals surface area contributed by atoms with Gasteiger partial charge in [-0.1, -0.05) is 86.7 Å². The van der Waals surface area contributed by atoms with Crippen molar-refractivity contribution in [3.63, 3.8) is 0 Å². The number of hydrogen-bond acceptors (Lipinski definition) is 7. The molecule has 3 saturated heterocycles. The number of nitrogens with zero attached hydrogens (tertiary/aromatic N) is 2. The highest BCUT2D eigenvalue weighted by Gasteiger charge is 2.76. The Morgan fingerprint density at radius 1 is 1.08 bits per heavy atom. The number of ether oxygens (including phenoxy) is 2. The molecule has 8 atom stereocenters. The zero-order chi connectivity index (χ0) is 35.3. The number of benzene rings is 2. The molecule has 3 fully saturated rings. The van der Waals surface area contributed by atoms with Gasteiger partial charge in [-0.05, 0) is 43.2 Å². The van der Waals surface area contributed by atoms with Crippen molar-refractivity contribution >= 4 is 23.7 Å². The lowest BCUT2D eigenvalue weighted by Gasteiger charge is -2.40. The van der Waals surface area contributed by atoms with Crippen molar-refractivity contribution in [3.05, 3.63) is 97.1 Å². The molecule has 0 saturated carbocycles. The molecular weight excluding hydrogens is 622 g/mol. The lowest BCUT2D eigenvalue weighted by Crippen LogP contribution is -2.59. The molecule has 3 amide bonds. The second-order valence-electron chi connectivity index (χ2n) is 13.7. The number of allylic oxidation sites excluding steroid dienone is 1. The summed E-state index contributed by atoms with van der Waals surface area (Å²) in [6.45, 7) is 13.3. The number of carbonyl (C=O) groups excluding carboxylic acids is 4. The third-order valence-electron chi connectivity index (χ3n) is 10.2. The molecule has 3 aliphatic heterocycles. The van der Waals surface area contributed by atoms with Gasteiger partial charge in [0.2, 0.25) is 17.7 Å². The number of esters is 1. The minimum absolute atomic E-state index is 0.183. The van der Waals surface area contributed by atoms with Gasteiger partial charge >= 0.3 is 5.97 Å². The van der Waals surface area contributed by atoms with Gasteiger partial charge in [-0.2, -0.15) is 0 Å². The first-order valence-electron chi connectivity index (χ1n) is 17.3. The SMILES string of the molecule is C=CCCC(=O)N[C@@H](C)[C@H](OC(=O)[C@@H]1[C@H]2C(=O)N([C@@H](CO)C(C)C)[C@H](C(=O)N(CC=C)Cc3ccccc3)[C@]23CC[C@H]1O3)c1ccccc1. The standard InChI is InChI=1S/C39H49N3O7/c1-6-8-19-31(44)40-26(5)34(28-17-13-10-14-18-28)48-38(47)32-30-20-21-39(49-30)33(32)36(45)42(29(24-43)25(3)4)35(39)37(46)41(22-7-2)23-27-15-11-9-12-16-27/h6-7,9-18,25-26,29-30,32-35,43H,1-2,8,19-24H2,3-5H3,(H,40,44)/t26-,29-,30+,32-,33-,34-,35+,39-/m0/s1. The van der Waals surface area contributed by atoms with Crippen LogP contribution in [-0.4, -0.2) is 81.6 Å². The summed E-state index contributed by atoms with van der Waals surface area (Å²) in [7, 11) is 0. The third kappa shape index (κ3) is 7.07. The smallest absolute Gasteiger partial charge is 0.313 e. The van der Waals surface area contributed by atoms with Gasteiger partial charge < -0.3 is 29.7 Å². The number of aliphatic hydroxyl groups excluding tert-OH is 1. The van der Waals surface area contributed by atoms with Crippen LogP contribution in [-0.2, 0) is 35.2 Å². The van der Waals surface area contributed by atoms with Gasteiger partial charge in [-0.3, -0.25) is 19.2 Å². The number of amides is 3. The van der Waals surface area contributed by atoms with Gasteiger partial charge in [0.25, 0.3) is 0 Å². The first-order valence-corrected chi connectivity index (χ1v) is 17.3. The Bertz CT molecular complexity index is 1510. The Balaban J connectivity index is 1.49. The Labute approximate surface area is 289 Å². The second kappa shape index (κ2) is 15.5. The van der Waals surface area contributed by atoms with E-state index in [0.29, 0.717) is 31.4 Å². The van der Waals surface area contributed by atoms with E-state index in [4.69, 9.17) is 9.47 Å². The average Bonchev–Trinajstić information content (AvgIpc) is 3.74. The van der Waals surface area contributed by atoms with E-state index in [2.05, 4.69) is 18.5 Å². The Morgan fingerprint density at radius 3 is 2.37 bits per heavy atom. The summed E-state index contributed by atoms with van der Waals surface area (Å²) >= 11 is 0. The van der Waals surface area contributed by atoms with Gasteiger partial charge in [0.05, 0.1) is 36.6 Å². The molecular formula is C39H49N3O7. The Kier molecular flexibility index (Phi) is 11.4. The fraction of sp³-hybridized carbons (Fsp3) is 0.487. The van der Waals surface area contributed by atoms with E-state index in [1.165, 1.54) is 4.90 Å². The van der Waals surface area contributed by atoms with Gasteiger partial charge in [0, 0.05) is 19.5 Å². The quantitative estimate of drug-likeness (QED) is 0.201. The molecule has 2 bridgehead atoms. The van der Waals surface area contributed by atoms with Crippen LogP contribution in [0.4, 0.5) is 0 Å². The second-order valence-corrected chi connectivity index (χ2v) is 13.7. The minimum Gasteiger partial charge on any atom is -0.455 e. The molecule has 1 spiro atoms. The molecule has 3 aliphatic rings. The van der Waals surface area contributed by atoms with E-state index in [0.717, 1.165) is 5.56 Å². The van der Waals surface area contributed by atoms with Crippen LogP contribution in [0, 0.1) is 17.8 Å². The summed E-state index contributed by atoms with van der Waals surface area (Å²) in [6.07, 6.45) is 3.50. The number of likely N-dealkylation sites (tertiary alicyclic amines) is 1. The molecule has 5 rings (SSSR count). The summed E-state index contributed by atoms with van der Waals surface area (Å²) < 4.78 is 12.9. The van der Waals surface area contributed by atoms with E-state index in [1.807, 2.05) is 74.5 Å². The van der Waals surface area contributed by atoms with E-state index in [-0.39, 0.29) is 37.3 Å². The molecule has 0 radical (unpaired) electrons. The number of aliphatic hydroxyl groups is 1. The summed E-state index contributed by atoms with van der Waals surface area (Å²) in [5.41, 5.74) is 0.342. The summed E-state index contributed by atoms with van der Waals surface area (Å²) in [5, 5.41) is 13.5. The maximum atomic E-state index is 14.7. The molecule has 0 aliphatic carbocycles. The summed E-state index contributed by atoms with van der Waals surface area (Å²) in [4.78, 5) is 59.5. The molecule has 10 heteroatoms. The molecule has 2 aromatic rings. The van der Waals surface area contributed by atoms with Crippen molar-refractivity contribution in [3.8, 4) is 0 Å². The number of rotatable bonds is 16. The molecule has 2 aromatic carbocycles. The monoisotopic (exact) mass is 671 g/mol. The Morgan fingerprint density at radius 2 is 1.76 bits per heavy atom. The first-order chi connectivity index (χ1) is 23.6. The van der Waals surface area contributed by atoms with Crippen LogP contribution in [0.2, 0.25) is 0 Å². The fourth-order valence-electron chi connectivity index (χ4n) is 7.92. The Hall–Kier alpha value is -4.28. The largest absolute Gasteiger partial charge is 0.455 e. The predicted molar refractivity (Wildman–Crippen MR) is 185 cm³/mol. The summed E-state index contributed by atoms with van der Waals surface area (Å²) in [5.74, 6) is -3.64. The highest BCUT2D eigenvalue weighted by molar-refractivity contribution is 5.98. The van der Waals surface area contributed by atoms with E-state index in [1.54, 1.807) is 24.0 Å². The van der Waals surface area contributed by atoms with E-state index < -0.39 is 59.6 Å². The number of nitrogens with one attached hydrogen (secondary N) is 1. The highest BCUT2D eigenvalue weighted by atomic mass is 16.6. The van der Waals surface area contributed by atoms with Crippen molar-refractivity contribution < 1.29 is 33.8 Å². The van der Waals surface area contributed by atoms with Gasteiger partial charge in [0.1, 0.15) is 17.7 Å². The van der Waals surface area contributed by atoms with Crippen LogP contribution in [0.15, 0.2) is 86.0 Å². The fourth-order valence-corrected chi connectivity index (χ4v) is 7.92. The molecule has 0 aromatic heterocycles. The lowest BCUT2D eigenvalue weighted by atomic mass is 9.70. The van der Waals surface area contributed by atoms with Crippen LogP contribution < -0.4 is 5.32 Å². The maximum absolute atomic E-state index is 14.7. The molecule has 2 N–H and O–H groups in total. The van der Waals surface area contributed by atoms with Gasteiger partial charge in [-0.15, -0.1) is 13.2 Å². The van der Waals surface area contributed by atoms with Crippen LogP contribution >= 0.6 is 0 Å². The number of carbonyl (C=O) groups is 4. The van der Waals surface area contributed by atoms with Crippen LogP contribution in [0.1, 0.15) is 63.7 Å². The molecule has 0 unspecified atom stereocenters. The van der Waals surface area contributed by atoms with Crippen molar-refractivity contribution in [2.45, 2.75) is 88.9 Å². The van der Waals surface area contributed by atoms with Crippen LogP contribution in [0.25, 0.3) is 0 Å². The zero-order valence-electron chi connectivity index (χ0n) is 28.7. The minimum atomic E-state index is -1.27. The molecule has 262 valence electrons. The van der Waals surface area contributed by atoms with E-state index >= 15 is 0 Å². The third-order valence-corrected chi connectivity index (χ3v) is 10.2. The van der Waals surface area contributed by atoms with Crippen molar-refractivity contribution in [2.24, 2.45) is 17.8 Å². The number of hydrogen-bond donors (Lipinski definition) is 2. The average molecular weight is 672 g/mol. The van der Waals surface area contributed by atoms with Crippen LogP contribution in [0.5, 0.6) is 0 Å². The molecule has 3 heterocycles. The van der Waals surface area contributed by atoms with Gasteiger partial charge in [-0.25, -0.2) is 0 Å². The zero-order valence-corrected chi connectivity index (χ0v) is 28.7. The normalized spacial score (nSPS) is 25.7. The summed E-state index contributed by atoms with van der Waals surface area (Å²) in [6, 6.07) is 16.4. The number of fused-ring (bicyclic) bond motifs is 1. The molecule has 49 heavy (non-hydrogen) atoms. The topological polar surface area (TPSA) is 125 Å². The maximum Gasteiger partial charge on any atom is 0.313 e. The molecule has 10 nitrogen and oxygen atoms in total. The van der Waals surface area contributed by atoms with Crippen molar-refractivity contribution in [1.82, 2.24) is 15.1 Å². The van der Waals surface area contributed by atoms with Crippen LogP contribution in [0.3, 0.4) is 0 Å². The van der Waals surface area contributed by atoms with Gasteiger partial charge in [0.15, 0.2) is 0 Å².